The molecular formula is C17H24O3. The lowest BCUT2D eigenvalue weighted by Gasteiger charge is -2.58. The normalized spacial score (nSPS) is 39.4. The molecule has 0 aromatic carbocycles. The first-order valence-corrected chi connectivity index (χ1v) is 7.93. The second-order valence-electron chi connectivity index (χ2n) is 7.16. The molecule has 4 aliphatic carbocycles. The van der Waals surface area contributed by atoms with Crippen molar-refractivity contribution in [3.05, 3.63) is 11.1 Å². The average Bonchev–Trinajstić information content (AvgIpc) is 2.37. The predicted octanol–water partition coefficient (Wildman–Crippen LogP) is 3.63. The van der Waals surface area contributed by atoms with Crippen molar-refractivity contribution < 1.29 is 14.3 Å². The zero-order valence-corrected chi connectivity index (χ0v) is 12.5. The first-order valence-electron chi connectivity index (χ1n) is 7.93. The lowest BCUT2D eigenvalue weighted by atomic mass is 9.47. The first kappa shape index (κ1) is 13.8. The number of hydrogen-bond donors (Lipinski definition) is 0. The van der Waals surface area contributed by atoms with Crippen molar-refractivity contribution in [1.82, 2.24) is 0 Å². The fourth-order valence-electron chi connectivity index (χ4n) is 5.77. The third-order valence-electron chi connectivity index (χ3n) is 5.95. The van der Waals surface area contributed by atoms with Gasteiger partial charge >= 0.3 is 12.4 Å². The minimum absolute atomic E-state index is 0.232. The Labute approximate surface area is 120 Å². The summed E-state index contributed by atoms with van der Waals surface area (Å²) in [5.41, 5.74) is 2.18. The zero-order valence-electron chi connectivity index (χ0n) is 12.5. The maximum absolute atomic E-state index is 11.9. The number of ether oxygens (including phenoxy) is 1. The van der Waals surface area contributed by atoms with Gasteiger partial charge in [0.25, 0.3) is 0 Å². The summed E-state index contributed by atoms with van der Waals surface area (Å²) in [6, 6.07) is 0. The van der Waals surface area contributed by atoms with Crippen molar-refractivity contribution in [2.45, 2.75) is 58.8 Å². The minimum atomic E-state index is -0.451. The highest BCUT2D eigenvalue weighted by atomic mass is 16.6. The average molecular weight is 276 g/mol. The van der Waals surface area contributed by atoms with Crippen LogP contribution < -0.4 is 0 Å². The fraction of sp³-hybridized carbons (Fsp3) is 0.765. The van der Waals surface area contributed by atoms with Crippen LogP contribution >= 0.6 is 0 Å². The SMILES string of the molecule is CCC(=C(C)C(=O)OC=O)C12CC3CC(CC(C3)C1)C2. The molecule has 20 heavy (non-hydrogen) atoms. The number of carbonyl (C=O) groups is 2. The Balaban J connectivity index is 1.94. The van der Waals surface area contributed by atoms with Gasteiger partial charge in [0.2, 0.25) is 0 Å². The minimum Gasteiger partial charge on any atom is -0.392 e. The quantitative estimate of drug-likeness (QED) is 0.341. The van der Waals surface area contributed by atoms with Crippen LogP contribution in [0, 0.1) is 23.2 Å². The van der Waals surface area contributed by atoms with E-state index in [2.05, 4.69) is 11.7 Å². The third kappa shape index (κ3) is 2.11. The van der Waals surface area contributed by atoms with E-state index in [0.29, 0.717) is 5.57 Å². The van der Waals surface area contributed by atoms with E-state index in [1.807, 2.05) is 6.92 Å². The Kier molecular flexibility index (Phi) is 3.47. The highest BCUT2D eigenvalue weighted by Crippen LogP contribution is 2.63. The fourth-order valence-corrected chi connectivity index (χ4v) is 5.77. The van der Waals surface area contributed by atoms with Crippen LogP contribution in [0.5, 0.6) is 0 Å². The predicted molar refractivity (Wildman–Crippen MR) is 75.8 cm³/mol. The maximum atomic E-state index is 11.9. The van der Waals surface area contributed by atoms with Gasteiger partial charge in [-0.1, -0.05) is 12.5 Å². The molecule has 0 spiro atoms. The molecule has 0 aromatic rings. The lowest BCUT2D eigenvalue weighted by molar-refractivity contribution is -0.148. The van der Waals surface area contributed by atoms with E-state index in [4.69, 9.17) is 0 Å². The molecule has 4 bridgehead atoms. The van der Waals surface area contributed by atoms with Gasteiger partial charge in [0.15, 0.2) is 0 Å². The van der Waals surface area contributed by atoms with Gasteiger partial charge in [-0.15, -0.1) is 0 Å². The van der Waals surface area contributed by atoms with E-state index in [0.717, 1.165) is 24.2 Å². The van der Waals surface area contributed by atoms with Crippen molar-refractivity contribution in [3.8, 4) is 0 Å². The number of hydrogen-bond acceptors (Lipinski definition) is 3. The topological polar surface area (TPSA) is 43.4 Å². The highest BCUT2D eigenvalue weighted by Gasteiger charge is 2.52. The smallest absolute Gasteiger partial charge is 0.341 e. The van der Waals surface area contributed by atoms with E-state index in [9.17, 15) is 9.59 Å². The van der Waals surface area contributed by atoms with Crippen LogP contribution in [0.25, 0.3) is 0 Å². The summed E-state index contributed by atoms with van der Waals surface area (Å²) in [7, 11) is 0. The molecule has 0 unspecified atom stereocenters. The van der Waals surface area contributed by atoms with Crippen molar-refractivity contribution in [3.63, 3.8) is 0 Å². The van der Waals surface area contributed by atoms with Crippen LogP contribution in [0.15, 0.2) is 11.1 Å². The van der Waals surface area contributed by atoms with E-state index in [1.165, 1.54) is 44.1 Å². The van der Waals surface area contributed by atoms with Gasteiger partial charge in [-0.3, -0.25) is 4.79 Å². The molecule has 3 nitrogen and oxygen atoms in total. The third-order valence-corrected chi connectivity index (χ3v) is 5.95. The van der Waals surface area contributed by atoms with Crippen molar-refractivity contribution in [2.75, 3.05) is 0 Å². The molecule has 0 aliphatic heterocycles. The van der Waals surface area contributed by atoms with Crippen LogP contribution in [0.2, 0.25) is 0 Å². The van der Waals surface area contributed by atoms with Gasteiger partial charge in [0.05, 0.1) is 0 Å². The Hall–Kier alpha value is -1.12. The van der Waals surface area contributed by atoms with Gasteiger partial charge in [0, 0.05) is 5.57 Å². The van der Waals surface area contributed by atoms with Gasteiger partial charge in [-0.05, 0) is 75.0 Å². The van der Waals surface area contributed by atoms with Gasteiger partial charge in [-0.25, -0.2) is 4.79 Å². The molecule has 0 aromatic heterocycles. The molecular weight excluding hydrogens is 252 g/mol. The molecule has 0 amide bonds. The summed E-state index contributed by atoms with van der Waals surface area (Å²) in [5, 5.41) is 0. The molecule has 0 atom stereocenters. The largest absolute Gasteiger partial charge is 0.392 e. The van der Waals surface area contributed by atoms with Crippen molar-refractivity contribution in [1.29, 1.82) is 0 Å². The maximum Gasteiger partial charge on any atom is 0.341 e. The molecule has 0 saturated heterocycles. The van der Waals surface area contributed by atoms with Crippen LogP contribution in [0.4, 0.5) is 0 Å². The summed E-state index contributed by atoms with van der Waals surface area (Å²) < 4.78 is 4.57. The highest BCUT2D eigenvalue weighted by molar-refractivity contribution is 5.92. The zero-order chi connectivity index (χ0) is 14.3. The Bertz CT molecular complexity index is 426. The Morgan fingerprint density at radius 1 is 1.15 bits per heavy atom. The molecule has 4 saturated carbocycles. The van der Waals surface area contributed by atoms with Crippen LogP contribution in [-0.4, -0.2) is 12.4 Å². The number of rotatable bonds is 4. The van der Waals surface area contributed by atoms with Crippen LogP contribution in [0.3, 0.4) is 0 Å². The van der Waals surface area contributed by atoms with Gasteiger partial charge in [-0.2, -0.15) is 0 Å². The molecule has 4 aliphatic rings. The molecule has 4 fully saturated rings. The summed E-state index contributed by atoms with van der Waals surface area (Å²) in [5.74, 6) is 2.13. The van der Waals surface area contributed by atoms with E-state index in [1.54, 1.807) is 0 Å². The molecule has 0 N–H and O–H groups in total. The Morgan fingerprint density at radius 3 is 2.05 bits per heavy atom. The summed E-state index contributed by atoms with van der Waals surface area (Å²) in [6.07, 6.45) is 8.82. The second kappa shape index (κ2) is 5.01. The van der Waals surface area contributed by atoms with Crippen molar-refractivity contribution >= 4 is 12.4 Å². The van der Waals surface area contributed by atoms with Crippen LogP contribution in [-0.2, 0) is 14.3 Å². The monoisotopic (exact) mass is 276 g/mol. The molecule has 0 heterocycles. The van der Waals surface area contributed by atoms with Gasteiger partial charge < -0.3 is 4.74 Å². The van der Waals surface area contributed by atoms with Crippen molar-refractivity contribution in [2.24, 2.45) is 23.2 Å². The Morgan fingerprint density at radius 2 is 1.65 bits per heavy atom. The summed E-state index contributed by atoms with van der Waals surface area (Å²) in [4.78, 5) is 22.3. The number of carbonyl (C=O) groups excluding carboxylic acids is 2. The summed E-state index contributed by atoms with van der Waals surface area (Å²) in [6.45, 7) is 4.22. The first-order chi connectivity index (χ1) is 9.58. The van der Waals surface area contributed by atoms with E-state index >= 15 is 0 Å². The second-order valence-corrected chi connectivity index (χ2v) is 7.16. The standard InChI is InChI=1S/C17H24O3/c1-3-15(11(2)16(19)20-10-18)17-7-12-4-13(8-17)6-14(5-12)9-17/h10,12-14H,3-9H2,1-2H3. The van der Waals surface area contributed by atoms with E-state index < -0.39 is 5.97 Å². The lowest BCUT2D eigenvalue weighted by Crippen LogP contribution is -2.47. The van der Waals surface area contributed by atoms with E-state index in [-0.39, 0.29) is 11.9 Å². The molecule has 110 valence electrons. The molecule has 4 rings (SSSR count). The van der Waals surface area contributed by atoms with Gasteiger partial charge in [0.1, 0.15) is 0 Å². The summed E-state index contributed by atoms with van der Waals surface area (Å²) >= 11 is 0. The molecule has 3 heteroatoms. The number of allylic oxidation sites excluding steroid dienone is 1. The van der Waals surface area contributed by atoms with Crippen LogP contribution in [0.1, 0.15) is 58.8 Å². The molecule has 0 radical (unpaired) electrons. The number of esters is 1.